The number of aromatic amines is 1. The van der Waals surface area contributed by atoms with Gasteiger partial charge >= 0.3 is 5.97 Å². The number of amides is 1. The Labute approximate surface area is 259 Å². The Morgan fingerprint density at radius 2 is 1.67 bits per heavy atom. The molecule has 4 aromatic carbocycles. The highest BCUT2D eigenvalue weighted by Crippen LogP contribution is 2.31. The highest BCUT2D eigenvalue weighted by atomic mass is 32.2. The van der Waals surface area contributed by atoms with Crippen molar-refractivity contribution < 1.29 is 31.2 Å². The molecular formula is C32H28N4O7S2. The van der Waals surface area contributed by atoms with Gasteiger partial charge in [-0.05, 0) is 59.0 Å². The molecule has 0 spiro atoms. The van der Waals surface area contributed by atoms with Crippen LogP contribution in [0.2, 0.25) is 0 Å². The molecule has 45 heavy (non-hydrogen) atoms. The van der Waals surface area contributed by atoms with Crippen LogP contribution < -0.4 is 9.44 Å². The van der Waals surface area contributed by atoms with E-state index in [0.29, 0.717) is 33.5 Å². The van der Waals surface area contributed by atoms with Gasteiger partial charge in [0.2, 0.25) is 26.0 Å². The van der Waals surface area contributed by atoms with E-state index in [4.69, 9.17) is 4.74 Å². The maximum Gasteiger partial charge on any atom is 0.337 e. The third kappa shape index (κ3) is 6.36. The average molecular weight is 645 g/mol. The summed E-state index contributed by atoms with van der Waals surface area (Å²) in [7, 11) is -6.57. The van der Waals surface area contributed by atoms with Gasteiger partial charge in [0.15, 0.2) is 0 Å². The lowest BCUT2D eigenvalue weighted by molar-refractivity contribution is -0.118. The number of hydrogen-bond donors (Lipinski definition) is 3. The summed E-state index contributed by atoms with van der Waals surface area (Å²) in [6.45, 7) is 0. The number of nitrogens with zero attached hydrogens (tertiary/aromatic N) is 1. The Kier molecular flexibility index (Phi) is 7.99. The van der Waals surface area contributed by atoms with E-state index in [1.165, 1.54) is 19.2 Å². The topological polar surface area (TPSA) is 164 Å². The fourth-order valence-electron chi connectivity index (χ4n) is 5.30. The largest absolute Gasteiger partial charge is 0.465 e. The zero-order valence-corrected chi connectivity index (χ0v) is 25.6. The normalized spacial score (nSPS) is 16.7. The van der Waals surface area contributed by atoms with Crippen LogP contribution in [0, 0.1) is 0 Å². The summed E-state index contributed by atoms with van der Waals surface area (Å²) in [5, 5.41) is -0.994. The van der Waals surface area contributed by atoms with Crippen LogP contribution in [-0.2, 0) is 36.0 Å². The van der Waals surface area contributed by atoms with E-state index in [-0.39, 0.29) is 17.7 Å². The molecule has 3 N–H and O–H groups in total. The van der Waals surface area contributed by atoms with Crippen molar-refractivity contribution in [3.63, 3.8) is 0 Å². The van der Waals surface area contributed by atoms with Crippen LogP contribution in [0.15, 0.2) is 102 Å². The fraction of sp³-hybridized carbons (Fsp3) is 0.156. The first-order valence-corrected chi connectivity index (χ1v) is 16.9. The number of fused-ring (bicyclic) bond motifs is 1. The number of aromatic nitrogens is 2. The summed E-state index contributed by atoms with van der Waals surface area (Å²) in [5.41, 5.74) is 4.31. The Bertz CT molecular complexity index is 2110. The van der Waals surface area contributed by atoms with Gasteiger partial charge in [0.25, 0.3) is 0 Å². The fourth-order valence-corrected chi connectivity index (χ4v) is 7.93. The highest BCUT2D eigenvalue weighted by molar-refractivity contribution is 7.90. The zero-order chi connectivity index (χ0) is 31.8. The van der Waals surface area contributed by atoms with Gasteiger partial charge in [0, 0.05) is 0 Å². The maximum atomic E-state index is 13.7. The smallest absolute Gasteiger partial charge is 0.337 e. The molecule has 11 nitrogen and oxygen atoms in total. The van der Waals surface area contributed by atoms with Crippen molar-refractivity contribution in [2.24, 2.45) is 0 Å². The molecular weight excluding hydrogens is 617 g/mol. The van der Waals surface area contributed by atoms with E-state index in [9.17, 15) is 26.4 Å². The molecule has 5 aromatic rings. The van der Waals surface area contributed by atoms with Crippen LogP contribution in [0.4, 0.5) is 0 Å². The van der Waals surface area contributed by atoms with Crippen LogP contribution in [0.5, 0.6) is 0 Å². The molecule has 6 rings (SSSR count). The lowest BCUT2D eigenvalue weighted by Gasteiger charge is -2.18. The Morgan fingerprint density at radius 1 is 0.978 bits per heavy atom. The lowest BCUT2D eigenvalue weighted by Crippen LogP contribution is -2.31. The van der Waals surface area contributed by atoms with Crippen LogP contribution in [0.1, 0.15) is 45.0 Å². The minimum atomic E-state index is -4.04. The molecule has 1 saturated heterocycles. The monoisotopic (exact) mass is 644 g/mol. The molecule has 1 aliphatic heterocycles. The van der Waals surface area contributed by atoms with Crippen molar-refractivity contribution in [2.75, 3.05) is 7.11 Å². The lowest BCUT2D eigenvalue weighted by atomic mass is 10.0. The second-order valence-corrected chi connectivity index (χ2v) is 14.2. The Morgan fingerprint density at radius 3 is 2.31 bits per heavy atom. The second-order valence-electron chi connectivity index (χ2n) is 10.6. The maximum absolute atomic E-state index is 13.7. The van der Waals surface area contributed by atoms with Crippen molar-refractivity contribution in [2.45, 2.75) is 29.0 Å². The van der Waals surface area contributed by atoms with Gasteiger partial charge in [-0.1, -0.05) is 66.7 Å². The van der Waals surface area contributed by atoms with Crippen LogP contribution in [-0.4, -0.2) is 45.8 Å². The van der Waals surface area contributed by atoms with Gasteiger partial charge in [-0.25, -0.2) is 31.3 Å². The van der Waals surface area contributed by atoms with Gasteiger partial charge in [-0.2, -0.15) is 0 Å². The molecule has 0 bridgehead atoms. The van der Waals surface area contributed by atoms with Crippen LogP contribution in [0.3, 0.4) is 0 Å². The van der Waals surface area contributed by atoms with E-state index < -0.39 is 43.2 Å². The third-order valence-electron chi connectivity index (χ3n) is 7.61. The van der Waals surface area contributed by atoms with Gasteiger partial charge in [-0.3, -0.25) is 9.52 Å². The van der Waals surface area contributed by atoms with E-state index in [1.54, 1.807) is 54.6 Å². The van der Waals surface area contributed by atoms with Crippen LogP contribution >= 0.6 is 0 Å². The van der Waals surface area contributed by atoms with Crippen LogP contribution in [0.25, 0.3) is 22.2 Å². The second kappa shape index (κ2) is 11.9. The first-order chi connectivity index (χ1) is 21.5. The molecule has 230 valence electrons. The first kappa shape index (κ1) is 30.2. The molecule has 1 unspecified atom stereocenters. The summed E-state index contributed by atoms with van der Waals surface area (Å²) in [6.07, 6.45) is -0.0143. The van der Waals surface area contributed by atoms with Gasteiger partial charge in [0.05, 0.1) is 41.1 Å². The number of methoxy groups -OCH3 is 1. The summed E-state index contributed by atoms with van der Waals surface area (Å²) >= 11 is 0. The number of sulfonamides is 2. The molecule has 0 saturated carbocycles. The number of hydrogen-bond acceptors (Lipinski definition) is 8. The average Bonchev–Trinajstić information content (AvgIpc) is 3.59. The molecule has 1 aliphatic rings. The number of carbonyl (C=O) groups excluding carboxylic acids is 2. The molecule has 1 amide bonds. The molecule has 1 aromatic heterocycles. The third-order valence-corrected chi connectivity index (χ3v) is 10.8. The molecule has 0 aliphatic carbocycles. The Hall–Kier alpha value is -4.85. The number of nitrogens with one attached hydrogen (secondary N) is 3. The minimum absolute atomic E-state index is 0.0650. The predicted octanol–water partition coefficient (Wildman–Crippen LogP) is 4.17. The quantitative estimate of drug-likeness (QED) is 0.201. The van der Waals surface area contributed by atoms with Crippen molar-refractivity contribution >= 4 is 43.0 Å². The zero-order valence-electron chi connectivity index (χ0n) is 23.9. The minimum Gasteiger partial charge on any atom is -0.465 e. The predicted molar refractivity (Wildman–Crippen MR) is 167 cm³/mol. The number of ether oxygens (including phenoxy) is 1. The molecule has 0 radical (unpaired) electrons. The number of benzene rings is 4. The van der Waals surface area contributed by atoms with Gasteiger partial charge in [-0.15, -0.1) is 0 Å². The van der Waals surface area contributed by atoms with Gasteiger partial charge in [0.1, 0.15) is 11.1 Å². The van der Waals surface area contributed by atoms with Gasteiger partial charge < -0.3 is 9.72 Å². The van der Waals surface area contributed by atoms with E-state index in [0.717, 1.165) is 11.1 Å². The first-order valence-electron chi connectivity index (χ1n) is 13.9. The van der Waals surface area contributed by atoms with Crippen molar-refractivity contribution in [3.8, 4) is 11.1 Å². The van der Waals surface area contributed by atoms with Crippen molar-refractivity contribution in [3.05, 3.63) is 120 Å². The summed E-state index contributed by atoms with van der Waals surface area (Å²) in [4.78, 5) is 31.6. The summed E-state index contributed by atoms with van der Waals surface area (Å²) in [6, 6.07) is 26.7. The number of rotatable bonds is 9. The molecule has 2 atom stereocenters. The van der Waals surface area contributed by atoms with E-state index >= 15 is 0 Å². The van der Waals surface area contributed by atoms with Crippen molar-refractivity contribution in [1.29, 1.82) is 0 Å². The SMILES string of the molecule is COC(=O)c1ccc2nc([C@H](Cc3ccc(C4CC(=O)NS4(=O)=O)cc3)NS(=O)(=O)c3ccc(-c4ccccc4)cc3)[nH]c2c1. The van der Waals surface area contributed by atoms with Crippen molar-refractivity contribution in [1.82, 2.24) is 19.4 Å². The summed E-state index contributed by atoms with van der Waals surface area (Å²) < 4.78 is 61.6. The van der Waals surface area contributed by atoms with E-state index in [1.807, 2.05) is 35.1 Å². The molecule has 2 heterocycles. The molecule has 13 heteroatoms. The summed E-state index contributed by atoms with van der Waals surface area (Å²) in [5.74, 6) is -0.769. The number of carbonyl (C=O) groups is 2. The standard InChI is InChI=1S/C32H28N4O7S2/c1-43-32(38)24-13-16-26-27(18-24)34-31(33-26)28(17-20-7-9-23(10-8-20)29-19-30(37)36-45(29,41)42)35-44(39,40)25-14-11-22(12-15-25)21-5-3-2-4-6-21/h2-16,18,28-29,35H,17,19H2,1H3,(H,33,34)(H,36,37)/t28-,29?/m0/s1. The number of H-pyrrole nitrogens is 1. The number of esters is 1. The molecule has 1 fully saturated rings. The highest BCUT2D eigenvalue weighted by Gasteiger charge is 2.37. The number of imidazole rings is 1. The van der Waals surface area contributed by atoms with E-state index in [2.05, 4.69) is 14.7 Å². The Balaban J connectivity index is 1.32.